The van der Waals surface area contributed by atoms with Crippen molar-refractivity contribution in [3.05, 3.63) is 90.0 Å². The number of para-hydroxylation sites is 1. The van der Waals surface area contributed by atoms with Crippen molar-refractivity contribution in [2.45, 2.75) is 11.8 Å². The second-order valence-corrected chi connectivity index (χ2v) is 8.50. The highest BCUT2D eigenvalue weighted by Crippen LogP contribution is 2.24. The molecule has 1 amide bonds. The molecule has 0 aliphatic rings. The number of amides is 1. The molecule has 3 rings (SSSR count). The van der Waals surface area contributed by atoms with Crippen molar-refractivity contribution < 1.29 is 13.2 Å². The van der Waals surface area contributed by atoms with Crippen molar-refractivity contribution in [3.63, 3.8) is 0 Å². The molecule has 0 saturated heterocycles. The van der Waals surface area contributed by atoms with Crippen molar-refractivity contribution in [1.82, 2.24) is 0 Å². The summed E-state index contributed by atoms with van der Waals surface area (Å²) < 4.78 is 27.0. The maximum absolute atomic E-state index is 12.9. The van der Waals surface area contributed by atoms with E-state index >= 15 is 0 Å². The molecule has 144 valence electrons. The first-order valence-electron chi connectivity index (χ1n) is 8.79. The molecule has 3 aromatic rings. The highest BCUT2D eigenvalue weighted by Gasteiger charge is 2.22. The molecule has 0 unspecified atom stereocenters. The maximum atomic E-state index is 12.9. The molecule has 0 aliphatic heterocycles. The summed E-state index contributed by atoms with van der Waals surface area (Å²) in [6, 6.07) is 22.6. The lowest BCUT2D eigenvalue weighted by molar-refractivity contribution is 0.0993. The van der Waals surface area contributed by atoms with Gasteiger partial charge in [-0.3, -0.25) is 9.10 Å². The number of hydrogen-bond donors (Lipinski definition) is 0. The van der Waals surface area contributed by atoms with Gasteiger partial charge in [-0.05, 0) is 49.4 Å². The van der Waals surface area contributed by atoms with Gasteiger partial charge in [-0.1, -0.05) is 42.0 Å². The summed E-state index contributed by atoms with van der Waals surface area (Å²) in [5.41, 5.74) is 2.58. The van der Waals surface area contributed by atoms with Crippen LogP contribution in [0.15, 0.2) is 83.8 Å². The van der Waals surface area contributed by atoms with Crippen molar-refractivity contribution in [1.29, 1.82) is 0 Å². The SMILES string of the molecule is Cc1ccc(S(=O)(=O)N(C)c2cccc(C(=O)N(C)c3ccccc3)c2)cc1. The number of hydrogen-bond acceptors (Lipinski definition) is 3. The lowest BCUT2D eigenvalue weighted by atomic mass is 10.1. The Morgan fingerprint density at radius 3 is 2.04 bits per heavy atom. The van der Waals surface area contributed by atoms with Gasteiger partial charge in [0, 0.05) is 25.3 Å². The van der Waals surface area contributed by atoms with Gasteiger partial charge in [-0.15, -0.1) is 0 Å². The Morgan fingerprint density at radius 1 is 0.786 bits per heavy atom. The molecule has 3 aromatic carbocycles. The van der Waals surface area contributed by atoms with Gasteiger partial charge in [-0.2, -0.15) is 0 Å². The quantitative estimate of drug-likeness (QED) is 0.655. The minimum atomic E-state index is -3.72. The summed E-state index contributed by atoms with van der Waals surface area (Å²) in [5, 5.41) is 0. The van der Waals surface area contributed by atoms with E-state index in [1.807, 2.05) is 37.3 Å². The fourth-order valence-electron chi connectivity index (χ4n) is 2.80. The zero-order valence-corrected chi connectivity index (χ0v) is 16.8. The predicted molar refractivity (Wildman–Crippen MR) is 112 cm³/mol. The van der Waals surface area contributed by atoms with Crippen LogP contribution in [-0.2, 0) is 10.0 Å². The zero-order valence-electron chi connectivity index (χ0n) is 16.0. The number of carbonyl (C=O) groups is 1. The van der Waals surface area contributed by atoms with Crippen LogP contribution in [0.1, 0.15) is 15.9 Å². The van der Waals surface area contributed by atoms with Crippen LogP contribution in [0.4, 0.5) is 11.4 Å². The minimum Gasteiger partial charge on any atom is -0.311 e. The molecule has 5 nitrogen and oxygen atoms in total. The summed E-state index contributed by atoms with van der Waals surface area (Å²) in [4.78, 5) is 14.6. The van der Waals surface area contributed by atoms with E-state index in [1.165, 1.54) is 16.3 Å². The number of carbonyl (C=O) groups excluding carboxylic acids is 1. The fraction of sp³-hybridized carbons (Fsp3) is 0.136. The van der Waals surface area contributed by atoms with E-state index in [-0.39, 0.29) is 10.8 Å². The summed E-state index contributed by atoms with van der Waals surface area (Å²) in [6.07, 6.45) is 0. The lowest BCUT2D eigenvalue weighted by Gasteiger charge is -2.21. The Morgan fingerprint density at radius 2 is 1.39 bits per heavy atom. The number of anilines is 2. The van der Waals surface area contributed by atoms with Crippen LogP contribution < -0.4 is 9.21 Å². The second kappa shape index (κ2) is 7.86. The van der Waals surface area contributed by atoms with Crippen LogP contribution in [0.25, 0.3) is 0 Å². The molecule has 0 N–H and O–H groups in total. The van der Waals surface area contributed by atoms with E-state index in [9.17, 15) is 13.2 Å². The Labute approximate surface area is 165 Å². The molecule has 0 heterocycles. The largest absolute Gasteiger partial charge is 0.311 e. The smallest absolute Gasteiger partial charge is 0.264 e. The molecule has 0 radical (unpaired) electrons. The number of sulfonamides is 1. The van der Waals surface area contributed by atoms with Gasteiger partial charge in [0.2, 0.25) is 0 Å². The minimum absolute atomic E-state index is 0.207. The molecular formula is C22H22N2O3S. The van der Waals surface area contributed by atoms with E-state index < -0.39 is 10.0 Å². The van der Waals surface area contributed by atoms with Gasteiger partial charge < -0.3 is 4.90 Å². The van der Waals surface area contributed by atoms with Crippen LogP contribution >= 0.6 is 0 Å². The van der Waals surface area contributed by atoms with Gasteiger partial charge in [0.05, 0.1) is 10.6 Å². The van der Waals surface area contributed by atoms with Crippen LogP contribution in [0.5, 0.6) is 0 Å². The monoisotopic (exact) mass is 394 g/mol. The summed E-state index contributed by atoms with van der Waals surface area (Å²) in [6.45, 7) is 1.90. The Hall–Kier alpha value is -3.12. The third-order valence-electron chi connectivity index (χ3n) is 4.58. The van der Waals surface area contributed by atoms with Crippen molar-refractivity contribution in [2.75, 3.05) is 23.3 Å². The number of rotatable bonds is 5. The average molecular weight is 394 g/mol. The highest BCUT2D eigenvalue weighted by molar-refractivity contribution is 7.92. The van der Waals surface area contributed by atoms with Crippen LogP contribution in [0, 0.1) is 6.92 Å². The first kappa shape index (κ1) is 19.6. The van der Waals surface area contributed by atoms with Crippen molar-refractivity contribution in [2.24, 2.45) is 0 Å². The summed E-state index contributed by atoms with van der Waals surface area (Å²) >= 11 is 0. The molecule has 28 heavy (non-hydrogen) atoms. The Bertz CT molecular complexity index is 1080. The lowest BCUT2D eigenvalue weighted by Crippen LogP contribution is -2.28. The molecule has 0 spiro atoms. The van der Waals surface area contributed by atoms with Gasteiger partial charge in [0.25, 0.3) is 15.9 Å². The average Bonchev–Trinajstić information content (AvgIpc) is 2.73. The highest BCUT2D eigenvalue weighted by atomic mass is 32.2. The van der Waals surface area contributed by atoms with Crippen LogP contribution in [-0.4, -0.2) is 28.4 Å². The second-order valence-electron chi connectivity index (χ2n) is 6.54. The van der Waals surface area contributed by atoms with Crippen molar-refractivity contribution >= 4 is 27.3 Å². The van der Waals surface area contributed by atoms with Gasteiger partial charge >= 0.3 is 0 Å². The topological polar surface area (TPSA) is 57.7 Å². The van der Waals surface area contributed by atoms with Gasteiger partial charge in [-0.25, -0.2) is 8.42 Å². The van der Waals surface area contributed by atoms with E-state index in [0.29, 0.717) is 11.3 Å². The van der Waals surface area contributed by atoms with Gasteiger partial charge in [0.15, 0.2) is 0 Å². The molecule has 6 heteroatoms. The van der Waals surface area contributed by atoms with E-state index in [4.69, 9.17) is 0 Å². The van der Waals surface area contributed by atoms with E-state index in [0.717, 1.165) is 11.3 Å². The molecule has 0 atom stereocenters. The predicted octanol–water partition coefficient (Wildman–Crippen LogP) is 4.10. The maximum Gasteiger partial charge on any atom is 0.264 e. The molecular weight excluding hydrogens is 372 g/mol. The third-order valence-corrected chi connectivity index (χ3v) is 6.38. The standard InChI is InChI=1S/C22H22N2O3S/c1-17-12-14-21(15-13-17)28(26,27)24(3)20-11-7-8-18(16-20)22(25)23(2)19-9-5-4-6-10-19/h4-16H,1-3H3. The van der Waals surface area contributed by atoms with Crippen LogP contribution in [0.2, 0.25) is 0 Å². The Balaban J connectivity index is 1.90. The molecule has 0 saturated carbocycles. The van der Waals surface area contributed by atoms with E-state index in [2.05, 4.69) is 0 Å². The normalized spacial score (nSPS) is 11.1. The van der Waals surface area contributed by atoms with E-state index in [1.54, 1.807) is 55.6 Å². The first-order valence-corrected chi connectivity index (χ1v) is 10.2. The molecule has 0 aliphatic carbocycles. The summed E-state index contributed by atoms with van der Waals surface area (Å²) in [5.74, 6) is -0.214. The molecule has 0 bridgehead atoms. The summed E-state index contributed by atoms with van der Waals surface area (Å²) in [7, 11) is -0.538. The Kier molecular flexibility index (Phi) is 5.51. The van der Waals surface area contributed by atoms with Gasteiger partial charge in [0.1, 0.15) is 0 Å². The molecule has 0 fully saturated rings. The first-order chi connectivity index (χ1) is 13.3. The van der Waals surface area contributed by atoms with Crippen molar-refractivity contribution in [3.8, 4) is 0 Å². The number of nitrogens with zero attached hydrogens (tertiary/aromatic N) is 2. The fourth-order valence-corrected chi connectivity index (χ4v) is 3.99. The van der Waals surface area contributed by atoms with Crippen LogP contribution in [0.3, 0.4) is 0 Å². The number of aryl methyl sites for hydroxylation is 1. The number of benzene rings is 3. The molecule has 0 aromatic heterocycles. The third kappa shape index (κ3) is 3.92. The zero-order chi connectivity index (χ0) is 20.3.